The summed E-state index contributed by atoms with van der Waals surface area (Å²) in [5.74, 6) is 0.965. The van der Waals surface area contributed by atoms with Crippen LogP contribution in [0.1, 0.15) is 144 Å². The van der Waals surface area contributed by atoms with E-state index in [4.69, 9.17) is 15.3 Å². The lowest BCUT2D eigenvalue weighted by molar-refractivity contribution is 0.475. The zero-order valence-corrected chi connectivity index (χ0v) is 38.6. The van der Waals surface area contributed by atoms with E-state index in [-0.39, 0.29) is 0 Å². The highest BCUT2D eigenvalue weighted by Gasteiger charge is 1.89. The predicted molar refractivity (Wildman–Crippen MR) is 252 cm³/mol. The molecule has 0 aromatic heterocycles. The van der Waals surface area contributed by atoms with Gasteiger partial charge in [-0.1, -0.05) is 230 Å². The van der Waals surface area contributed by atoms with E-state index < -0.39 is 0 Å². The topological polar surface area (TPSA) is 60.7 Å². The van der Waals surface area contributed by atoms with Gasteiger partial charge in [-0.05, 0) is 81.1 Å². The number of aryl methyl sites for hydroxylation is 5. The van der Waals surface area contributed by atoms with Crippen molar-refractivity contribution in [3.63, 3.8) is 0 Å². The smallest absolute Gasteiger partial charge is 0.115 e. The molecule has 5 aromatic carbocycles. The van der Waals surface area contributed by atoms with Crippen LogP contribution in [0.3, 0.4) is 0 Å². The molecule has 0 heterocycles. The van der Waals surface area contributed by atoms with Crippen molar-refractivity contribution in [1.29, 1.82) is 0 Å². The van der Waals surface area contributed by atoms with Crippen molar-refractivity contribution in [2.24, 2.45) is 0 Å². The summed E-state index contributed by atoms with van der Waals surface area (Å²) in [6.45, 7) is 35.5. The van der Waals surface area contributed by atoms with Gasteiger partial charge in [-0.15, -0.1) is 0 Å². The van der Waals surface area contributed by atoms with Crippen molar-refractivity contribution in [2.45, 2.75) is 150 Å². The second kappa shape index (κ2) is 53.8. The first kappa shape index (κ1) is 62.5. The van der Waals surface area contributed by atoms with Crippen LogP contribution in [0.2, 0.25) is 0 Å². The van der Waals surface area contributed by atoms with Gasteiger partial charge in [-0.3, -0.25) is 0 Å². The highest BCUT2D eigenvalue weighted by Crippen LogP contribution is 2.07. The van der Waals surface area contributed by atoms with Crippen LogP contribution >= 0.6 is 0 Å². The van der Waals surface area contributed by atoms with Crippen LogP contribution in [0.15, 0.2) is 133 Å². The third kappa shape index (κ3) is 53.9. The second-order valence-corrected chi connectivity index (χ2v) is 11.3. The molecule has 5 aromatic rings. The monoisotopic (exact) mass is 759 g/mol. The molecule has 5 rings (SSSR count). The van der Waals surface area contributed by atoms with E-state index in [1.165, 1.54) is 47.1 Å². The molecule has 3 nitrogen and oxygen atoms in total. The molecule has 0 atom stereocenters. The molecule has 0 aliphatic heterocycles. The lowest BCUT2D eigenvalue weighted by atomic mass is 10.1. The van der Waals surface area contributed by atoms with Crippen molar-refractivity contribution in [1.82, 2.24) is 0 Å². The Kier molecular flexibility index (Phi) is 61.2. The summed E-state index contributed by atoms with van der Waals surface area (Å²) < 4.78 is 0. The highest BCUT2D eigenvalue weighted by atomic mass is 16.3. The normalized spacial score (nSPS) is 7.95. The molecule has 0 unspecified atom stereocenters. The fraction of sp³-hybridized carbons (Fsp3) is 0.423. The Morgan fingerprint density at radius 1 is 0.309 bits per heavy atom. The van der Waals surface area contributed by atoms with E-state index >= 15 is 0 Å². The maximum Gasteiger partial charge on any atom is 0.115 e. The van der Waals surface area contributed by atoms with Crippen LogP contribution in [0.4, 0.5) is 0 Å². The predicted octanol–water partition coefficient (Wildman–Crippen LogP) is 16.9. The van der Waals surface area contributed by atoms with E-state index in [1.807, 2.05) is 59.7 Å². The van der Waals surface area contributed by atoms with E-state index in [9.17, 15) is 0 Å². The van der Waals surface area contributed by atoms with Gasteiger partial charge < -0.3 is 15.3 Å². The molecule has 0 fully saturated rings. The van der Waals surface area contributed by atoms with E-state index in [0.29, 0.717) is 17.2 Å². The Balaban J connectivity index is -0.000000126. The fourth-order valence-electron chi connectivity index (χ4n) is 3.50. The van der Waals surface area contributed by atoms with Gasteiger partial charge in [0.15, 0.2) is 0 Å². The van der Waals surface area contributed by atoms with Gasteiger partial charge in [0.2, 0.25) is 0 Å². The highest BCUT2D eigenvalue weighted by molar-refractivity contribution is 5.27. The maximum atomic E-state index is 8.63. The van der Waals surface area contributed by atoms with E-state index in [2.05, 4.69) is 119 Å². The number of aromatic hydroxyl groups is 3. The molecular weight excluding hydrogens is 673 g/mol. The number of hydrogen-bond donors (Lipinski definition) is 3. The van der Waals surface area contributed by atoms with Crippen molar-refractivity contribution in [3.8, 4) is 17.2 Å². The number of hydrogen-bond acceptors (Lipinski definition) is 3. The van der Waals surface area contributed by atoms with E-state index in [0.717, 1.165) is 12.8 Å². The van der Waals surface area contributed by atoms with Gasteiger partial charge in [0, 0.05) is 0 Å². The van der Waals surface area contributed by atoms with Gasteiger partial charge in [0.25, 0.3) is 0 Å². The van der Waals surface area contributed by atoms with Crippen LogP contribution in [0.25, 0.3) is 0 Å². The molecule has 0 bridgehead atoms. The number of phenolic OH excluding ortho intramolecular Hbond substituents is 3. The third-order valence-corrected chi connectivity index (χ3v) is 5.47. The van der Waals surface area contributed by atoms with Gasteiger partial charge in [-0.2, -0.15) is 0 Å². The van der Waals surface area contributed by atoms with Gasteiger partial charge in [0.1, 0.15) is 17.2 Å². The molecule has 0 saturated heterocycles. The van der Waals surface area contributed by atoms with Crippen molar-refractivity contribution in [2.75, 3.05) is 0 Å². The first-order chi connectivity index (χ1) is 26.5. The Morgan fingerprint density at radius 3 is 0.582 bits per heavy atom. The summed E-state index contributed by atoms with van der Waals surface area (Å²) in [6.07, 6.45) is 6.04. The second-order valence-electron chi connectivity index (χ2n) is 11.3. The summed E-state index contributed by atoms with van der Waals surface area (Å²) in [7, 11) is 0. The zero-order valence-electron chi connectivity index (χ0n) is 38.6. The number of benzene rings is 5. The minimum absolute atomic E-state index is 0.322. The van der Waals surface area contributed by atoms with Crippen molar-refractivity contribution >= 4 is 0 Å². The summed E-state index contributed by atoms with van der Waals surface area (Å²) in [5, 5.41) is 25.9. The Hall–Kier alpha value is -4.50. The fourth-order valence-corrected chi connectivity index (χ4v) is 3.50. The summed E-state index contributed by atoms with van der Waals surface area (Å²) in [6, 6.07) is 41.5. The van der Waals surface area contributed by atoms with Crippen LogP contribution in [-0.4, -0.2) is 15.3 Å². The Bertz CT molecular complexity index is 1170. The zero-order chi connectivity index (χ0) is 43.7. The Morgan fingerprint density at radius 2 is 0.473 bits per heavy atom. The number of para-hydroxylation sites is 3. The minimum atomic E-state index is 0.322. The molecule has 0 radical (unpaired) electrons. The number of phenols is 3. The van der Waals surface area contributed by atoms with E-state index in [1.54, 1.807) is 72.8 Å². The minimum Gasteiger partial charge on any atom is -0.508 e. The van der Waals surface area contributed by atoms with Crippen molar-refractivity contribution in [3.05, 3.63) is 161 Å². The first-order valence-electron chi connectivity index (χ1n) is 20.8. The molecule has 3 heteroatoms. The summed E-state index contributed by atoms with van der Waals surface area (Å²) >= 11 is 0. The quantitative estimate of drug-likeness (QED) is 0.168. The standard InChI is InChI=1S/C10H14.C9H12.3C6H6O.3C3H8.3C2H6/c1-3-9-5-7-10(4-2)8-6-9;1-7-4-8(2)6-9(3)5-7;3*7-6-4-2-1-3-5-6;3*1-3-2;3*1-2/h5-8H,3-4H2,1-2H3;4-6H,1-3H3;3*1-5,7H;3*3H2,1-2H3;3*1-2H3. The molecule has 3 N–H and O–H groups in total. The van der Waals surface area contributed by atoms with Crippen LogP contribution in [0.5, 0.6) is 17.2 Å². The van der Waals surface area contributed by atoms with Crippen LogP contribution in [0, 0.1) is 20.8 Å². The first-order valence-corrected chi connectivity index (χ1v) is 20.8. The summed E-state index contributed by atoms with van der Waals surface area (Å²) in [4.78, 5) is 0. The lowest BCUT2D eigenvalue weighted by Crippen LogP contribution is -1.81. The molecule has 0 saturated carbocycles. The lowest BCUT2D eigenvalue weighted by Gasteiger charge is -1.97. The van der Waals surface area contributed by atoms with Crippen LogP contribution < -0.4 is 0 Å². The summed E-state index contributed by atoms with van der Waals surface area (Å²) in [5.41, 5.74) is 6.92. The number of rotatable bonds is 2. The average Bonchev–Trinajstić information content (AvgIpc) is 3.20. The molecule has 0 aliphatic rings. The Labute approximate surface area is 342 Å². The third-order valence-electron chi connectivity index (χ3n) is 5.47. The van der Waals surface area contributed by atoms with Crippen molar-refractivity contribution < 1.29 is 15.3 Å². The maximum absolute atomic E-state index is 8.63. The molecule has 0 aliphatic carbocycles. The molecule has 55 heavy (non-hydrogen) atoms. The molecule has 0 amide bonds. The van der Waals surface area contributed by atoms with Crippen LogP contribution in [-0.2, 0) is 12.8 Å². The van der Waals surface area contributed by atoms with Gasteiger partial charge >= 0.3 is 0 Å². The average molecular weight is 759 g/mol. The SMILES string of the molecule is CC.CC.CC.CCC.CCC.CCC.CCc1ccc(CC)cc1.Cc1cc(C)cc(C)c1.Oc1ccccc1.Oc1ccccc1.Oc1ccccc1. The molecular formula is C52H86O3. The van der Waals surface area contributed by atoms with Gasteiger partial charge in [-0.25, -0.2) is 0 Å². The largest absolute Gasteiger partial charge is 0.508 e. The molecule has 312 valence electrons. The molecule has 0 spiro atoms. The van der Waals surface area contributed by atoms with Gasteiger partial charge in [0.05, 0.1) is 0 Å².